The number of hydrogen-bond donors (Lipinski definition) is 1. The van der Waals surface area contributed by atoms with E-state index in [0.29, 0.717) is 16.1 Å². The van der Waals surface area contributed by atoms with Crippen LogP contribution >= 0.6 is 23.2 Å². The van der Waals surface area contributed by atoms with E-state index in [1.165, 1.54) is 0 Å². The van der Waals surface area contributed by atoms with Gasteiger partial charge in [-0.1, -0.05) is 36.5 Å². The molecule has 100 valence electrons. The van der Waals surface area contributed by atoms with Gasteiger partial charge in [-0.3, -0.25) is 4.21 Å². The molecule has 1 saturated carbocycles. The quantitative estimate of drug-likeness (QED) is 0.920. The van der Waals surface area contributed by atoms with E-state index in [4.69, 9.17) is 23.2 Å². The maximum atomic E-state index is 12.6. The van der Waals surface area contributed by atoms with Gasteiger partial charge in [0.25, 0.3) is 0 Å². The lowest BCUT2D eigenvalue weighted by Crippen LogP contribution is -2.37. The van der Waals surface area contributed by atoms with E-state index in [-0.39, 0.29) is 5.25 Å². The number of halogens is 2. The van der Waals surface area contributed by atoms with Crippen LogP contribution in [0.25, 0.3) is 0 Å². The molecule has 0 spiro atoms. The third kappa shape index (κ3) is 3.08. The van der Waals surface area contributed by atoms with Crippen LogP contribution in [-0.2, 0) is 10.8 Å². The van der Waals surface area contributed by atoms with E-state index in [0.717, 1.165) is 30.7 Å². The molecule has 2 rings (SSSR count). The zero-order valence-corrected chi connectivity index (χ0v) is 12.6. The number of rotatable bonds is 4. The third-order valence-electron chi connectivity index (χ3n) is 3.32. The highest BCUT2D eigenvalue weighted by molar-refractivity contribution is 7.85. The molecule has 0 bridgehead atoms. The van der Waals surface area contributed by atoms with Crippen LogP contribution < -0.4 is 5.32 Å². The van der Waals surface area contributed by atoms with Crippen molar-refractivity contribution < 1.29 is 4.21 Å². The van der Waals surface area contributed by atoms with Gasteiger partial charge >= 0.3 is 0 Å². The molecule has 0 radical (unpaired) electrons. The van der Waals surface area contributed by atoms with Crippen molar-refractivity contribution in [1.82, 2.24) is 5.32 Å². The Morgan fingerprint density at radius 1 is 1.33 bits per heavy atom. The van der Waals surface area contributed by atoms with Crippen molar-refractivity contribution in [1.29, 1.82) is 0 Å². The summed E-state index contributed by atoms with van der Waals surface area (Å²) in [6.45, 7) is 3.00. The van der Waals surface area contributed by atoms with Crippen molar-refractivity contribution in [2.24, 2.45) is 0 Å². The Kier molecular flexibility index (Phi) is 5.07. The molecule has 0 aliphatic heterocycles. The molecule has 3 atom stereocenters. The predicted molar refractivity (Wildman–Crippen MR) is 78.0 cm³/mol. The fourth-order valence-electron chi connectivity index (χ4n) is 2.45. The highest BCUT2D eigenvalue weighted by Gasteiger charge is 2.32. The van der Waals surface area contributed by atoms with Gasteiger partial charge in [0.15, 0.2) is 0 Å². The Morgan fingerprint density at radius 2 is 2.11 bits per heavy atom. The van der Waals surface area contributed by atoms with E-state index in [9.17, 15) is 4.21 Å². The molecule has 1 aliphatic rings. The molecule has 0 saturated heterocycles. The molecule has 1 aliphatic carbocycles. The van der Waals surface area contributed by atoms with Crippen molar-refractivity contribution in [2.45, 2.75) is 42.4 Å². The van der Waals surface area contributed by atoms with Gasteiger partial charge in [0, 0.05) is 10.9 Å². The van der Waals surface area contributed by atoms with E-state index >= 15 is 0 Å². The number of benzene rings is 1. The minimum atomic E-state index is -1.01. The Bertz CT molecular complexity index is 453. The SMILES string of the molecule is CCNC1CCCC1S(=O)c1ccc(Cl)c(Cl)c1. The maximum absolute atomic E-state index is 12.6. The molecule has 2 nitrogen and oxygen atoms in total. The molecule has 0 aromatic heterocycles. The summed E-state index contributed by atoms with van der Waals surface area (Å²) >= 11 is 11.9. The lowest BCUT2D eigenvalue weighted by Gasteiger charge is -2.20. The summed E-state index contributed by atoms with van der Waals surface area (Å²) in [5.74, 6) is 0. The van der Waals surface area contributed by atoms with E-state index in [1.807, 2.05) is 6.07 Å². The van der Waals surface area contributed by atoms with Crippen molar-refractivity contribution in [3.8, 4) is 0 Å². The fourth-order valence-corrected chi connectivity index (χ4v) is 4.51. The van der Waals surface area contributed by atoms with Gasteiger partial charge in [0.1, 0.15) is 0 Å². The van der Waals surface area contributed by atoms with Crippen LogP contribution in [0.3, 0.4) is 0 Å². The van der Waals surface area contributed by atoms with Crippen LogP contribution in [0.5, 0.6) is 0 Å². The Morgan fingerprint density at radius 3 is 2.78 bits per heavy atom. The van der Waals surface area contributed by atoms with Crippen molar-refractivity contribution in [2.75, 3.05) is 6.54 Å². The first-order valence-corrected chi connectivity index (χ1v) is 8.19. The molecule has 3 unspecified atom stereocenters. The Hall–Kier alpha value is -0.0900. The second kappa shape index (κ2) is 6.38. The molecular weight excluding hydrogens is 289 g/mol. The Balaban J connectivity index is 2.17. The van der Waals surface area contributed by atoms with Gasteiger partial charge < -0.3 is 5.32 Å². The highest BCUT2D eigenvalue weighted by Crippen LogP contribution is 2.30. The summed E-state index contributed by atoms with van der Waals surface area (Å²) in [4.78, 5) is 0.777. The minimum absolute atomic E-state index is 0.183. The fraction of sp³-hybridized carbons (Fsp3) is 0.538. The maximum Gasteiger partial charge on any atom is 0.0604 e. The average molecular weight is 306 g/mol. The van der Waals surface area contributed by atoms with Crippen LogP contribution in [0.4, 0.5) is 0 Å². The summed E-state index contributed by atoms with van der Waals surface area (Å²) < 4.78 is 12.6. The lowest BCUT2D eigenvalue weighted by molar-refractivity contribution is 0.541. The standard InChI is InChI=1S/C13H17Cl2NOS/c1-2-16-12-4-3-5-13(12)18(17)9-6-7-10(14)11(15)8-9/h6-8,12-13,16H,2-5H2,1H3. The van der Waals surface area contributed by atoms with Gasteiger partial charge in [-0.15, -0.1) is 0 Å². The van der Waals surface area contributed by atoms with Crippen LogP contribution in [-0.4, -0.2) is 22.0 Å². The zero-order valence-electron chi connectivity index (χ0n) is 10.3. The van der Waals surface area contributed by atoms with Crippen molar-refractivity contribution >= 4 is 34.0 Å². The molecule has 1 N–H and O–H groups in total. The monoisotopic (exact) mass is 305 g/mol. The molecule has 18 heavy (non-hydrogen) atoms. The summed E-state index contributed by atoms with van der Waals surface area (Å²) in [6.07, 6.45) is 3.24. The molecule has 1 aromatic rings. The van der Waals surface area contributed by atoms with Gasteiger partial charge in [-0.05, 0) is 37.6 Å². The summed E-state index contributed by atoms with van der Waals surface area (Å²) in [5.41, 5.74) is 0. The van der Waals surface area contributed by atoms with Gasteiger partial charge in [0.2, 0.25) is 0 Å². The average Bonchev–Trinajstić information content (AvgIpc) is 2.80. The molecule has 0 heterocycles. The summed E-state index contributed by atoms with van der Waals surface area (Å²) in [6, 6.07) is 5.60. The molecule has 5 heteroatoms. The van der Waals surface area contributed by atoms with E-state index in [1.54, 1.807) is 12.1 Å². The summed E-state index contributed by atoms with van der Waals surface area (Å²) in [7, 11) is -1.01. The number of nitrogens with one attached hydrogen (secondary N) is 1. The van der Waals surface area contributed by atoms with Crippen LogP contribution in [0.1, 0.15) is 26.2 Å². The second-order valence-electron chi connectivity index (χ2n) is 4.51. The first kappa shape index (κ1) is 14.3. The third-order valence-corrected chi connectivity index (χ3v) is 5.89. The highest BCUT2D eigenvalue weighted by atomic mass is 35.5. The molecule has 0 amide bonds. The van der Waals surface area contributed by atoms with Gasteiger partial charge in [-0.2, -0.15) is 0 Å². The molecule has 1 aromatic carbocycles. The van der Waals surface area contributed by atoms with Crippen LogP contribution in [0, 0.1) is 0 Å². The summed E-state index contributed by atoms with van der Waals surface area (Å²) in [5, 5.41) is 4.58. The largest absolute Gasteiger partial charge is 0.313 e. The van der Waals surface area contributed by atoms with Crippen LogP contribution in [0.2, 0.25) is 10.0 Å². The normalized spacial score (nSPS) is 25.3. The second-order valence-corrected chi connectivity index (χ2v) is 6.99. The smallest absolute Gasteiger partial charge is 0.0604 e. The van der Waals surface area contributed by atoms with Crippen molar-refractivity contribution in [3.63, 3.8) is 0 Å². The first-order chi connectivity index (χ1) is 8.63. The van der Waals surface area contributed by atoms with E-state index in [2.05, 4.69) is 12.2 Å². The Labute approximate surface area is 121 Å². The lowest BCUT2D eigenvalue weighted by atomic mass is 10.2. The molecule has 1 fully saturated rings. The van der Waals surface area contributed by atoms with Gasteiger partial charge in [-0.25, -0.2) is 0 Å². The predicted octanol–water partition coefficient (Wildman–Crippen LogP) is 3.63. The van der Waals surface area contributed by atoms with Gasteiger partial charge in [0.05, 0.1) is 26.1 Å². The minimum Gasteiger partial charge on any atom is -0.313 e. The van der Waals surface area contributed by atoms with E-state index < -0.39 is 10.8 Å². The van der Waals surface area contributed by atoms with Crippen LogP contribution in [0.15, 0.2) is 23.1 Å². The zero-order chi connectivity index (χ0) is 13.1. The van der Waals surface area contributed by atoms with Crippen molar-refractivity contribution in [3.05, 3.63) is 28.2 Å². The topological polar surface area (TPSA) is 29.1 Å². The molecular formula is C13H17Cl2NOS. The number of hydrogen-bond acceptors (Lipinski definition) is 2. The first-order valence-electron chi connectivity index (χ1n) is 6.22.